The lowest BCUT2D eigenvalue weighted by Gasteiger charge is -2.12. The van der Waals surface area contributed by atoms with Gasteiger partial charge in [0, 0.05) is 20.6 Å². The Bertz CT molecular complexity index is 677. The van der Waals surface area contributed by atoms with E-state index in [2.05, 4.69) is 15.9 Å². The normalized spacial score (nSPS) is 10.2. The van der Waals surface area contributed by atoms with E-state index >= 15 is 0 Å². The first-order valence-corrected chi connectivity index (χ1v) is 7.27. The van der Waals surface area contributed by atoms with E-state index in [4.69, 9.17) is 32.2 Å². The van der Waals surface area contributed by atoms with Gasteiger partial charge in [-0.05, 0) is 30.3 Å². The number of benzene rings is 2. The van der Waals surface area contributed by atoms with Crippen LogP contribution in [-0.2, 0) is 6.61 Å². The van der Waals surface area contributed by atoms with Gasteiger partial charge in [-0.15, -0.1) is 0 Å². The maximum Gasteiger partial charge on any atom is 0.161 e. The van der Waals surface area contributed by atoms with Gasteiger partial charge in [0.25, 0.3) is 0 Å². The Morgan fingerprint density at radius 2 is 2.00 bits per heavy atom. The summed E-state index contributed by atoms with van der Waals surface area (Å²) < 4.78 is 11.9. The van der Waals surface area contributed by atoms with Crippen molar-refractivity contribution >= 4 is 33.4 Å². The van der Waals surface area contributed by atoms with Gasteiger partial charge in [-0.1, -0.05) is 33.6 Å². The number of ether oxygens (including phenoxy) is 2. The molecule has 2 aromatic carbocycles. The summed E-state index contributed by atoms with van der Waals surface area (Å²) in [7, 11) is 1.54. The minimum absolute atomic E-state index is 0.0178. The van der Waals surface area contributed by atoms with Gasteiger partial charge in [-0.2, -0.15) is 0 Å². The van der Waals surface area contributed by atoms with E-state index in [-0.39, 0.29) is 5.84 Å². The van der Waals surface area contributed by atoms with Crippen molar-refractivity contribution in [1.82, 2.24) is 0 Å². The number of halogens is 2. The molecule has 0 aliphatic rings. The minimum Gasteiger partial charge on any atom is -0.493 e. The summed E-state index contributed by atoms with van der Waals surface area (Å²) in [5.74, 6) is 1.08. The van der Waals surface area contributed by atoms with E-state index in [9.17, 15) is 0 Å². The molecule has 0 bridgehead atoms. The zero-order chi connectivity index (χ0) is 15.4. The van der Waals surface area contributed by atoms with Gasteiger partial charge < -0.3 is 15.2 Å². The molecule has 2 rings (SSSR count). The average Bonchev–Trinajstić information content (AvgIpc) is 2.46. The molecule has 6 heteroatoms. The third-order valence-electron chi connectivity index (χ3n) is 2.87. The second kappa shape index (κ2) is 6.83. The third kappa shape index (κ3) is 3.89. The molecule has 21 heavy (non-hydrogen) atoms. The maximum atomic E-state index is 7.42. The van der Waals surface area contributed by atoms with Crippen LogP contribution in [0.25, 0.3) is 0 Å². The highest BCUT2D eigenvalue weighted by molar-refractivity contribution is 9.10. The first-order valence-electron chi connectivity index (χ1n) is 6.10. The topological polar surface area (TPSA) is 68.3 Å². The van der Waals surface area contributed by atoms with E-state index < -0.39 is 0 Å². The second-order valence-electron chi connectivity index (χ2n) is 4.30. The molecule has 0 fully saturated rings. The van der Waals surface area contributed by atoms with Crippen molar-refractivity contribution in [2.45, 2.75) is 6.61 Å². The first kappa shape index (κ1) is 15.7. The number of nitrogens with one attached hydrogen (secondary N) is 1. The quantitative estimate of drug-likeness (QED) is 0.619. The Morgan fingerprint density at radius 1 is 1.24 bits per heavy atom. The molecule has 0 aliphatic carbocycles. The fraction of sp³-hybridized carbons (Fsp3) is 0.133. The largest absolute Gasteiger partial charge is 0.493 e. The lowest BCUT2D eigenvalue weighted by atomic mass is 10.2. The van der Waals surface area contributed by atoms with Gasteiger partial charge in [0.1, 0.15) is 12.4 Å². The number of nitrogens with two attached hydrogens (primary N) is 1. The Hall–Kier alpha value is -1.72. The van der Waals surface area contributed by atoms with E-state index in [1.165, 1.54) is 0 Å². The van der Waals surface area contributed by atoms with Gasteiger partial charge in [0.2, 0.25) is 0 Å². The number of amidine groups is 1. The predicted octanol–water partition coefficient (Wildman–Crippen LogP) is 3.97. The number of nitrogen functional groups attached to an aromatic ring is 1. The van der Waals surface area contributed by atoms with Crippen molar-refractivity contribution in [2.75, 3.05) is 7.11 Å². The summed E-state index contributed by atoms with van der Waals surface area (Å²) in [6.45, 7) is 0.321. The molecular weight excluding hydrogens is 356 g/mol. The van der Waals surface area contributed by atoms with Crippen LogP contribution in [0.1, 0.15) is 11.1 Å². The van der Waals surface area contributed by atoms with Crippen LogP contribution in [0.3, 0.4) is 0 Å². The van der Waals surface area contributed by atoms with Crippen LogP contribution in [0.2, 0.25) is 5.02 Å². The number of methoxy groups -OCH3 is 1. The fourth-order valence-electron chi connectivity index (χ4n) is 1.75. The fourth-order valence-corrected chi connectivity index (χ4v) is 2.48. The highest BCUT2D eigenvalue weighted by Gasteiger charge is 2.09. The lowest BCUT2D eigenvalue weighted by Crippen LogP contribution is -2.11. The molecule has 0 unspecified atom stereocenters. The van der Waals surface area contributed by atoms with Crippen LogP contribution in [-0.4, -0.2) is 12.9 Å². The summed E-state index contributed by atoms with van der Waals surface area (Å²) in [6, 6.07) is 10.7. The summed E-state index contributed by atoms with van der Waals surface area (Å²) >= 11 is 9.51. The van der Waals surface area contributed by atoms with Crippen molar-refractivity contribution in [3.63, 3.8) is 0 Å². The van der Waals surface area contributed by atoms with Crippen molar-refractivity contribution < 1.29 is 9.47 Å². The number of hydrogen-bond donors (Lipinski definition) is 2. The van der Waals surface area contributed by atoms with Crippen LogP contribution in [0, 0.1) is 5.41 Å². The van der Waals surface area contributed by atoms with Gasteiger partial charge in [0.05, 0.1) is 7.11 Å². The highest BCUT2D eigenvalue weighted by Crippen LogP contribution is 2.30. The third-order valence-corrected chi connectivity index (χ3v) is 3.72. The number of hydrogen-bond acceptors (Lipinski definition) is 3. The Labute approximate surface area is 136 Å². The molecule has 0 saturated carbocycles. The molecule has 0 heterocycles. The van der Waals surface area contributed by atoms with Crippen LogP contribution >= 0.6 is 27.5 Å². The van der Waals surface area contributed by atoms with E-state index in [0.717, 1.165) is 10.0 Å². The van der Waals surface area contributed by atoms with E-state index in [1.807, 2.05) is 18.2 Å². The molecule has 0 atom stereocenters. The van der Waals surface area contributed by atoms with E-state index in [1.54, 1.807) is 25.3 Å². The summed E-state index contributed by atoms with van der Waals surface area (Å²) in [5.41, 5.74) is 6.91. The van der Waals surface area contributed by atoms with Crippen molar-refractivity contribution in [3.05, 3.63) is 57.0 Å². The standard InChI is InChI=1S/C15H14BrClN2O2/c1-20-14-6-9(15(18)19)3-5-13(14)21-8-10-2-4-11(16)7-12(10)17/h2-7H,8H2,1H3,(H3,18,19). The minimum atomic E-state index is -0.0178. The van der Waals surface area contributed by atoms with Gasteiger partial charge in [0.15, 0.2) is 11.5 Å². The molecule has 2 aromatic rings. The monoisotopic (exact) mass is 368 g/mol. The Balaban J connectivity index is 2.17. The Morgan fingerprint density at radius 3 is 2.62 bits per heavy atom. The molecule has 0 spiro atoms. The SMILES string of the molecule is COc1cc(C(=N)N)ccc1OCc1ccc(Br)cc1Cl. The first-order chi connectivity index (χ1) is 10.0. The van der Waals surface area contributed by atoms with E-state index in [0.29, 0.717) is 28.7 Å². The van der Waals surface area contributed by atoms with Crippen LogP contribution in [0.4, 0.5) is 0 Å². The smallest absolute Gasteiger partial charge is 0.161 e. The molecule has 3 N–H and O–H groups in total. The summed E-state index contributed by atoms with van der Waals surface area (Å²) in [5, 5.41) is 8.05. The predicted molar refractivity (Wildman–Crippen MR) is 87.5 cm³/mol. The molecular formula is C15H14BrClN2O2. The highest BCUT2D eigenvalue weighted by atomic mass is 79.9. The molecule has 0 saturated heterocycles. The summed E-state index contributed by atoms with van der Waals surface area (Å²) in [6.07, 6.45) is 0. The molecule has 0 radical (unpaired) electrons. The molecule has 0 aliphatic heterocycles. The zero-order valence-electron chi connectivity index (χ0n) is 11.3. The molecule has 4 nitrogen and oxygen atoms in total. The van der Waals surface area contributed by atoms with Crippen LogP contribution in [0.5, 0.6) is 11.5 Å². The maximum absolute atomic E-state index is 7.42. The molecule has 0 aromatic heterocycles. The lowest BCUT2D eigenvalue weighted by molar-refractivity contribution is 0.284. The Kier molecular flexibility index (Phi) is 5.09. The van der Waals surface area contributed by atoms with Crippen molar-refractivity contribution in [2.24, 2.45) is 5.73 Å². The summed E-state index contributed by atoms with van der Waals surface area (Å²) in [4.78, 5) is 0. The van der Waals surface area contributed by atoms with Crippen molar-refractivity contribution in [1.29, 1.82) is 5.41 Å². The van der Waals surface area contributed by atoms with Crippen LogP contribution in [0.15, 0.2) is 40.9 Å². The van der Waals surface area contributed by atoms with Gasteiger partial charge in [-0.3, -0.25) is 5.41 Å². The number of rotatable bonds is 5. The van der Waals surface area contributed by atoms with Gasteiger partial charge in [-0.25, -0.2) is 0 Å². The second-order valence-corrected chi connectivity index (χ2v) is 5.63. The van der Waals surface area contributed by atoms with Crippen LogP contribution < -0.4 is 15.2 Å². The zero-order valence-corrected chi connectivity index (χ0v) is 13.7. The van der Waals surface area contributed by atoms with Crippen molar-refractivity contribution in [3.8, 4) is 11.5 Å². The molecule has 0 amide bonds. The van der Waals surface area contributed by atoms with Gasteiger partial charge >= 0.3 is 0 Å². The average molecular weight is 370 g/mol. The molecule has 110 valence electrons.